The first-order valence-corrected chi connectivity index (χ1v) is 8.86. The molecule has 22 heavy (non-hydrogen) atoms. The summed E-state index contributed by atoms with van der Waals surface area (Å²) >= 11 is 0. The summed E-state index contributed by atoms with van der Waals surface area (Å²) in [6, 6.07) is 0. The van der Waals surface area contributed by atoms with Crippen molar-refractivity contribution in [3.8, 4) is 0 Å². The molecule has 0 saturated heterocycles. The molecule has 0 unspecified atom stereocenters. The lowest BCUT2D eigenvalue weighted by Gasteiger charge is -2.09. The van der Waals surface area contributed by atoms with Gasteiger partial charge >= 0.3 is 0 Å². The Labute approximate surface area is 130 Å². The third kappa shape index (κ3) is 3.34. The standard InChI is InChI=1S/C13H22N6O2S/c1-9(2)6-19-11(14-8-15-19)7-22(20,21)13-17-16-12(10(3)4)18(13)5/h8-10H,6-7H2,1-5H3. The van der Waals surface area contributed by atoms with Gasteiger partial charge < -0.3 is 4.57 Å². The topological polar surface area (TPSA) is 95.6 Å². The average Bonchev–Trinajstić information content (AvgIpc) is 2.96. The van der Waals surface area contributed by atoms with Crippen LogP contribution in [-0.2, 0) is 29.2 Å². The van der Waals surface area contributed by atoms with Crippen molar-refractivity contribution in [2.45, 2.75) is 51.1 Å². The van der Waals surface area contributed by atoms with Gasteiger partial charge in [0.2, 0.25) is 15.0 Å². The molecular formula is C13H22N6O2S. The van der Waals surface area contributed by atoms with Crippen LogP contribution in [-0.4, -0.2) is 37.9 Å². The maximum atomic E-state index is 12.6. The average molecular weight is 326 g/mol. The van der Waals surface area contributed by atoms with Crippen LogP contribution < -0.4 is 0 Å². The number of hydrogen-bond acceptors (Lipinski definition) is 6. The van der Waals surface area contributed by atoms with Crippen molar-refractivity contribution < 1.29 is 8.42 Å². The third-order valence-electron chi connectivity index (χ3n) is 3.22. The van der Waals surface area contributed by atoms with Gasteiger partial charge in [0.25, 0.3) is 0 Å². The van der Waals surface area contributed by atoms with Crippen molar-refractivity contribution in [1.29, 1.82) is 0 Å². The molecule has 0 aromatic carbocycles. The van der Waals surface area contributed by atoms with Gasteiger partial charge in [-0.25, -0.2) is 18.1 Å². The first kappa shape index (κ1) is 16.6. The van der Waals surface area contributed by atoms with Crippen molar-refractivity contribution >= 4 is 9.84 Å². The monoisotopic (exact) mass is 326 g/mol. The molecule has 8 nitrogen and oxygen atoms in total. The van der Waals surface area contributed by atoms with Crippen LogP contribution in [0.5, 0.6) is 0 Å². The zero-order chi connectivity index (χ0) is 16.5. The molecule has 9 heteroatoms. The van der Waals surface area contributed by atoms with Crippen LogP contribution >= 0.6 is 0 Å². The molecule has 2 rings (SSSR count). The minimum Gasteiger partial charge on any atom is -0.305 e. The second-order valence-corrected chi connectivity index (χ2v) is 7.95. The highest BCUT2D eigenvalue weighted by Crippen LogP contribution is 2.18. The lowest BCUT2D eigenvalue weighted by Crippen LogP contribution is -2.17. The van der Waals surface area contributed by atoms with E-state index in [0.717, 1.165) is 0 Å². The zero-order valence-electron chi connectivity index (χ0n) is 13.6. The fourth-order valence-corrected chi connectivity index (χ4v) is 3.60. The van der Waals surface area contributed by atoms with Gasteiger partial charge in [0.05, 0.1) is 0 Å². The second-order valence-electron chi connectivity index (χ2n) is 6.07. The van der Waals surface area contributed by atoms with Gasteiger partial charge in [-0.15, -0.1) is 10.2 Å². The lowest BCUT2D eigenvalue weighted by molar-refractivity contribution is 0.469. The summed E-state index contributed by atoms with van der Waals surface area (Å²) in [7, 11) is -1.95. The molecule has 2 aromatic heterocycles. The summed E-state index contributed by atoms with van der Waals surface area (Å²) < 4.78 is 28.3. The summed E-state index contributed by atoms with van der Waals surface area (Å²) in [4.78, 5) is 4.07. The van der Waals surface area contributed by atoms with E-state index in [1.54, 1.807) is 11.7 Å². The molecule has 0 fully saturated rings. The Morgan fingerprint density at radius 2 is 1.86 bits per heavy atom. The summed E-state index contributed by atoms with van der Waals surface area (Å²) in [6.07, 6.45) is 1.38. The van der Waals surface area contributed by atoms with E-state index in [1.165, 1.54) is 10.9 Å². The van der Waals surface area contributed by atoms with Crippen molar-refractivity contribution in [3.63, 3.8) is 0 Å². The highest BCUT2D eigenvalue weighted by atomic mass is 32.2. The number of hydrogen-bond donors (Lipinski definition) is 0. The molecule has 0 aliphatic rings. The Hall–Kier alpha value is -1.77. The van der Waals surface area contributed by atoms with Crippen LogP contribution in [0.2, 0.25) is 0 Å². The molecule has 0 aliphatic heterocycles. The van der Waals surface area contributed by atoms with Gasteiger partial charge in [-0.3, -0.25) is 0 Å². The third-order valence-corrected chi connectivity index (χ3v) is 4.77. The van der Waals surface area contributed by atoms with Gasteiger partial charge in [-0.2, -0.15) is 5.10 Å². The number of nitrogens with zero attached hydrogens (tertiary/aromatic N) is 6. The minimum atomic E-state index is -3.62. The largest absolute Gasteiger partial charge is 0.305 e. The van der Waals surface area contributed by atoms with Gasteiger partial charge in [-0.1, -0.05) is 27.7 Å². The molecule has 122 valence electrons. The SMILES string of the molecule is CC(C)Cn1ncnc1CS(=O)(=O)c1nnc(C(C)C)n1C. The second kappa shape index (κ2) is 6.15. The van der Waals surface area contributed by atoms with Crippen LogP contribution in [0.4, 0.5) is 0 Å². The number of sulfone groups is 1. The van der Waals surface area contributed by atoms with E-state index in [9.17, 15) is 8.42 Å². The van der Waals surface area contributed by atoms with Gasteiger partial charge in [-0.05, 0) is 5.92 Å². The fraction of sp³-hybridized carbons (Fsp3) is 0.692. The quantitative estimate of drug-likeness (QED) is 0.790. The Bertz CT molecular complexity index is 744. The molecule has 0 atom stereocenters. The zero-order valence-corrected chi connectivity index (χ0v) is 14.4. The summed E-state index contributed by atoms with van der Waals surface area (Å²) in [5, 5.41) is 11.9. The van der Waals surface area contributed by atoms with Crippen LogP contribution in [0.1, 0.15) is 45.3 Å². The van der Waals surface area contributed by atoms with E-state index in [2.05, 4.69) is 20.3 Å². The highest BCUT2D eigenvalue weighted by molar-refractivity contribution is 7.90. The van der Waals surface area contributed by atoms with Crippen LogP contribution in [0.25, 0.3) is 0 Å². The van der Waals surface area contributed by atoms with Crippen LogP contribution in [0.3, 0.4) is 0 Å². The Balaban J connectivity index is 2.31. The van der Waals surface area contributed by atoms with Gasteiger partial charge in [0.15, 0.2) is 0 Å². The first-order chi connectivity index (χ1) is 10.2. The molecule has 0 radical (unpaired) electrons. The molecular weight excluding hydrogens is 304 g/mol. The minimum absolute atomic E-state index is 0.0321. The molecule has 2 aromatic rings. The van der Waals surface area contributed by atoms with Crippen molar-refractivity contribution in [3.05, 3.63) is 18.0 Å². The fourth-order valence-electron chi connectivity index (χ4n) is 2.23. The van der Waals surface area contributed by atoms with Crippen LogP contribution in [0.15, 0.2) is 11.5 Å². The molecule has 0 saturated carbocycles. The number of rotatable bonds is 6. The lowest BCUT2D eigenvalue weighted by atomic mass is 10.2. The number of aromatic nitrogens is 6. The highest BCUT2D eigenvalue weighted by Gasteiger charge is 2.26. The van der Waals surface area contributed by atoms with Gasteiger partial charge in [0, 0.05) is 19.5 Å². The molecule has 0 spiro atoms. The Kier molecular flexibility index (Phi) is 4.64. The van der Waals surface area contributed by atoms with E-state index in [1.807, 2.05) is 27.7 Å². The van der Waals surface area contributed by atoms with Crippen molar-refractivity contribution in [1.82, 2.24) is 29.5 Å². The van der Waals surface area contributed by atoms with E-state index in [-0.39, 0.29) is 16.8 Å². The summed E-state index contributed by atoms with van der Waals surface area (Å²) in [5.41, 5.74) is 0. The van der Waals surface area contributed by atoms with E-state index in [0.29, 0.717) is 24.1 Å². The Morgan fingerprint density at radius 1 is 1.18 bits per heavy atom. The molecule has 0 amide bonds. The van der Waals surface area contributed by atoms with Crippen molar-refractivity contribution in [2.24, 2.45) is 13.0 Å². The van der Waals surface area contributed by atoms with E-state index >= 15 is 0 Å². The molecule has 0 N–H and O–H groups in total. The van der Waals surface area contributed by atoms with Crippen molar-refractivity contribution in [2.75, 3.05) is 0 Å². The predicted octanol–water partition coefficient (Wildman–Crippen LogP) is 1.16. The molecule has 2 heterocycles. The Morgan fingerprint density at radius 3 is 2.41 bits per heavy atom. The first-order valence-electron chi connectivity index (χ1n) is 7.21. The van der Waals surface area contributed by atoms with Crippen LogP contribution in [0, 0.1) is 5.92 Å². The maximum absolute atomic E-state index is 12.6. The van der Waals surface area contributed by atoms with E-state index < -0.39 is 9.84 Å². The summed E-state index contributed by atoms with van der Waals surface area (Å²) in [6.45, 7) is 8.59. The molecule has 0 bridgehead atoms. The predicted molar refractivity (Wildman–Crippen MR) is 80.8 cm³/mol. The normalized spacial score (nSPS) is 12.5. The summed E-state index contributed by atoms with van der Waals surface area (Å²) in [5.74, 6) is 1.28. The maximum Gasteiger partial charge on any atom is 0.249 e. The smallest absolute Gasteiger partial charge is 0.249 e. The van der Waals surface area contributed by atoms with E-state index in [4.69, 9.17) is 0 Å². The molecule has 0 aliphatic carbocycles. The van der Waals surface area contributed by atoms with Gasteiger partial charge in [0.1, 0.15) is 23.7 Å².